The highest BCUT2D eigenvalue weighted by Gasteiger charge is 2.28. The van der Waals surface area contributed by atoms with Crippen LogP contribution in [0.3, 0.4) is 0 Å². The van der Waals surface area contributed by atoms with Crippen molar-refractivity contribution in [2.24, 2.45) is 5.41 Å². The lowest BCUT2D eigenvalue weighted by Gasteiger charge is -2.41. The smallest absolute Gasteiger partial charge is 0.0594 e. The predicted molar refractivity (Wildman–Crippen MR) is 70.2 cm³/mol. The van der Waals surface area contributed by atoms with E-state index >= 15 is 0 Å². The molecule has 0 bridgehead atoms. The number of morpholine rings is 1. The fourth-order valence-electron chi connectivity index (χ4n) is 2.04. The molecule has 0 unspecified atom stereocenters. The molecule has 0 radical (unpaired) electrons. The Labute approximate surface area is 105 Å². The molecule has 1 aliphatic rings. The van der Waals surface area contributed by atoms with Crippen molar-refractivity contribution in [2.45, 2.75) is 33.2 Å². The number of hydrogen-bond acceptors (Lipinski definition) is 4. The Balaban J connectivity index is 2.33. The van der Waals surface area contributed by atoms with Gasteiger partial charge >= 0.3 is 0 Å². The summed E-state index contributed by atoms with van der Waals surface area (Å²) in [7, 11) is 0. The molecule has 0 aromatic carbocycles. The average Bonchev–Trinajstić information content (AvgIpc) is 2.30. The van der Waals surface area contributed by atoms with Gasteiger partial charge in [0.15, 0.2) is 0 Å². The summed E-state index contributed by atoms with van der Waals surface area (Å²) in [5, 5.41) is 12.7. The molecule has 0 atom stereocenters. The van der Waals surface area contributed by atoms with Gasteiger partial charge in [-0.05, 0) is 13.8 Å². The molecule has 1 aliphatic heterocycles. The van der Waals surface area contributed by atoms with Crippen LogP contribution in [0.4, 0.5) is 0 Å². The zero-order valence-electron chi connectivity index (χ0n) is 11.8. The topological polar surface area (TPSA) is 44.7 Å². The van der Waals surface area contributed by atoms with Gasteiger partial charge in [0.25, 0.3) is 0 Å². The van der Waals surface area contributed by atoms with Crippen LogP contribution in [0.5, 0.6) is 0 Å². The summed E-state index contributed by atoms with van der Waals surface area (Å²) in [5.74, 6) is 0. The zero-order valence-corrected chi connectivity index (χ0v) is 11.8. The molecule has 0 saturated carbocycles. The fraction of sp³-hybridized carbons (Fsp3) is 1.00. The normalized spacial score (nSPS) is 19.6. The first-order valence-electron chi connectivity index (χ1n) is 6.52. The Bertz CT molecular complexity index is 223. The first-order chi connectivity index (χ1) is 7.87. The first-order valence-corrected chi connectivity index (χ1v) is 6.52. The average molecular weight is 244 g/mol. The lowest BCUT2D eigenvalue weighted by atomic mass is 9.94. The lowest BCUT2D eigenvalue weighted by molar-refractivity contribution is -0.0105. The van der Waals surface area contributed by atoms with E-state index in [1.807, 2.05) is 0 Å². The van der Waals surface area contributed by atoms with Crippen molar-refractivity contribution in [3.63, 3.8) is 0 Å². The van der Waals surface area contributed by atoms with Crippen molar-refractivity contribution in [3.05, 3.63) is 0 Å². The van der Waals surface area contributed by atoms with Gasteiger partial charge in [0.1, 0.15) is 0 Å². The highest BCUT2D eigenvalue weighted by Crippen LogP contribution is 2.16. The van der Waals surface area contributed by atoms with Crippen molar-refractivity contribution in [3.8, 4) is 0 Å². The largest absolute Gasteiger partial charge is 0.396 e. The minimum Gasteiger partial charge on any atom is -0.396 e. The summed E-state index contributed by atoms with van der Waals surface area (Å²) in [6.45, 7) is 14.4. The quantitative estimate of drug-likeness (QED) is 0.722. The summed E-state index contributed by atoms with van der Waals surface area (Å²) in [5.41, 5.74) is 0.108. The number of nitrogens with one attached hydrogen (secondary N) is 1. The van der Waals surface area contributed by atoms with Crippen molar-refractivity contribution in [2.75, 3.05) is 46.0 Å². The molecule has 1 fully saturated rings. The highest BCUT2D eigenvalue weighted by molar-refractivity contribution is 4.86. The minimum atomic E-state index is -0.0406. The summed E-state index contributed by atoms with van der Waals surface area (Å²) >= 11 is 0. The molecule has 17 heavy (non-hydrogen) atoms. The van der Waals surface area contributed by atoms with Crippen LogP contribution in [0, 0.1) is 5.41 Å². The van der Waals surface area contributed by atoms with E-state index in [9.17, 15) is 5.11 Å². The van der Waals surface area contributed by atoms with Gasteiger partial charge in [-0.1, -0.05) is 13.8 Å². The van der Waals surface area contributed by atoms with E-state index in [2.05, 4.69) is 37.9 Å². The standard InChI is InChI=1S/C13H28N2O2/c1-12(2,11-16)9-14-10-13(3,4)15-5-7-17-8-6-15/h14,16H,5-11H2,1-4H3. The van der Waals surface area contributed by atoms with E-state index in [4.69, 9.17) is 4.74 Å². The zero-order chi connectivity index (χ0) is 12.9. The number of nitrogens with zero attached hydrogens (tertiary/aromatic N) is 1. The highest BCUT2D eigenvalue weighted by atomic mass is 16.5. The molecule has 1 rings (SSSR count). The lowest BCUT2D eigenvalue weighted by Crippen LogP contribution is -2.55. The van der Waals surface area contributed by atoms with Gasteiger partial charge in [-0.25, -0.2) is 0 Å². The van der Waals surface area contributed by atoms with Crippen molar-refractivity contribution < 1.29 is 9.84 Å². The van der Waals surface area contributed by atoms with E-state index in [0.717, 1.165) is 39.4 Å². The van der Waals surface area contributed by atoms with Crippen molar-refractivity contribution in [1.82, 2.24) is 10.2 Å². The Morgan fingerprint density at radius 1 is 1.12 bits per heavy atom. The van der Waals surface area contributed by atoms with E-state index in [-0.39, 0.29) is 17.6 Å². The monoisotopic (exact) mass is 244 g/mol. The SMILES string of the molecule is CC(C)(CO)CNCC(C)(C)N1CCOCC1. The molecule has 102 valence electrons. The van der Waals surface area contributed by atoms with Gasteiger partial charge in [-0.3, -0.25) is 4.90 Å². The molecule has 2 N–H and O–H groups in total. The van der Waals surface area contributed by atoms with Crippen LogP contribution < -0.4 is 5.32 Å². The van der Waals surface area contributed by atoms with Crippen LogP contribution in [-0.4, -0.2) is 61.5 Å². The third-order valence-corrected chi connectivity index (χ3v) is 3.46. The van der Waals surface area contributed by atoms with Gasteiger partial charge in [0.2, 0.25) is 0 Å². The Morgan fingerprint density at radius 2 is 1.71 bits per heavy atom. The maximum Gasteiger partial charge on any atom is 0.0594 e. The molecule has 0 spiro atoms. The summed E-state index contributed by atoms with van der Waals surface area (Å²) < 4.78 is 5.38. The van der Waals surface area contributed by atoms with Crippen LogP contribution in [0.25, 0.3) is 0 Å². The molecule has 0 aliphatic carbocycles. The summed E-state index contributed by atoms with van der Waals surface area (Å²) in [6, 6.07) is 0. The third-order valence-electron chi connectivity index (χ3n) is 3.46. The Morgan fingerprint density at radius 3 is 2.24 bits per heavy atom. The van der Waals surface area contributed by atoms with Gasteiger partial charge in [-0.2, -0.15) is 0 Å². The number of hydrogen-bond donors (Lipinski definition) is 2. The second kappa shape index (κ2) is 6.14. The molecule has 0 amide bonds. The molecule has 1 saturated heterocycles. The van der Waals surface area contributed by atoms with Gasteiger partial charge in [0.05, 0.1) is 13.2 Å². The van der Waals surface area contributed by atoms with E-state index in [1.165, 1.54) is 0 Å². The Hall–Kier alpha value is -0.160. The van der Waals surface area contributed by atoms with Crippen molar-refractivity contribution >= 4 is 0 Å². The first kappa shape index (κ1) is 14.9. The predicted octanol–water partition coefficient (Wildman–Crippen LogP) is 0.705. The number of rotatable bonds is 6. The molecule has 4 nitrogen and oxygen atoms in total. The van der Waals surface area contributed by atoms with E-state index < -0.39 is 0 Å². The molecule has 1 heterocycles. The molecular formula is C13H28N2O2. The van der Waals surface area contributed by atoms with Crippen LogP contribution in [-0.2, 0) is 4.74 Å². The van der Waals surface area contributed by atoms with Crippen LogP contribution in [0.1, 0.15) is 27.7 Å². The van der Waals surface area contributed by atoms with Crippen LogP contribution in [0.2, 0.25) is 0 Å². The summed E-state index contributed by atoms with van der Waals surface area (Å²) in [6.07, 6.45) is 0. The van der Waals surface area contributed by atoms with E-state index in [0.29, 0.717) is 0 Å². The van der Waals surface area contributed by atoms with Gasteiger partial charge in [-0.15, -0.1) is 0 Å². The van der Waals surface area contributed by atoms with Gasteiger partial charge < -0.3 is 15.2 Å². The number of aliphatic hydroxyl groups excluding tert-OH is 1. The van der Waals surface area contributed by atoms with Gasteiger partial charge in [0, 0.05) is 43.7 Å². The molecule has 0 aromatic rings. The Kier molecular flexibility index (Phi) is 5.38. The number of aliphatic hydroxyl groups is 1. The maximum absolute atomic E-state index is 9.21. The van der Waals surface area contributed by atoms with Crippen LogP contribution in [0.15, 0.2) is 0 Å². The fourth-order valence-corrected chi connectivity index (χ4v) is 2.04. The molecule has 4 heteroatoms. The summed E-state index contributed by atoms with van der Waals surface area (Å²) in [4.78, 5) is 2.47. The molecule has 0 aromatic heterocycles. The van der Waals surface area contributed by atoms with Crippen LogP contribution >= 0.6 is 0 Å². The van der Waals surface area contributed by atoms with E-state index in [1.54, 1.807) is 0 Å². The molecular weight excluding hydrogens is 216 g/mol. The minimum absolute atomic E-state index is 0.0406. The third kappa shape index (κ3) is 4.92. The maximum atomic E-state index is 9.21. The number of ether oxygens (including phenoxy) is 1. The second-order valence-corrected chi connectivity index (χ2v) is 6.34. The van der Waals surface area contributed by atoms with Crippen molar-refractivity contribution in [1.29, 1.82) is 0 Å². The second-order valence-electron chi connectivity index (χ2n) is 6.34.